The molecule has 0 bridgehead atoms. The highest BCUT2D eigenvalue weighted by atomic mass is 16.6. The van der Waals surface area contributed by atoms with Crippen LogP contribution in [0.4, 0.5) is 0 Å². The standard InChI is InChI=1S/C20H29NO6/c1-7-26-19(24)13-21(17(22)12-18(23)27-20(3,4)5)14(2)15-8-10-16(25-6)11-9-15/h8-11,14H,7,12-13H2,1-6H3. The molecule has 1 rings (SSSR count). The normalized spacial score (nSPS) is 12.1. The second-order valence-corrected chi connectivity index (χ2v) is 7.04. The average Bonchev–Trinajstić information content (AvgIpc) is 2.57. The first-order chi connectivity index (χ1) is 12.6. The molecule has 0 N–H and O–H groups in total. The van der Waals surface area contributed by atoms with Gasteiger partial charge < -0.3 is 19.1 Å². The van der Waals surface area contributed by atoms with E-state index >= 15 is 0 Å². The molecule has 1 aromatic rings. The van der Waals surface area contributed by atoms with Crippen molar-refractivity contribution < 1.29 is 28.6 Å². The van der Waals surface area contributed by atoms with Crippen LogP contribution >= 0.6 is 0 Å². The van der Waals surface area contributed by atoms with E-state index in [9.17, 15) is 14.4 Å². The van der Waals surface area contributed by atoms with Crippen molar-refractivity contribution in [3.05, 3.63) is 29.8 Å². The minimum absolute atomic E-state index is 0.212. The molecule has 0 radical (unpaired) electrons. The van der Waals surface area contributed by atoms with Gasteiger partial charge in [-0.1, -0.05) is 12.1 Å². The number of carbonyl (C=O) groups is 3. The number of hydrogen-bond acceptors (Lipinski definition) is 6. The van der Waals surface area contributed by atoms with Gasteiger partial charge in [0.2, 0.25) is 5.91 Å². The van der Waals surface area contributed by atoms with Crippen LogP contribution in [0.15, 0.2) is 24.3 Å². The molecule has 0 spiro atoms. The summed E-state index contributed by atoms with van der Waals surface area (Å²) in [6, 6.07) is 6.72. The summed E-state index contributed by atoms with van der Waals surface area (Å²) in [5.41, 5.74) is 0.114. The van der Waals surface area contributed by atoms with Crippen molar-refractivity contribution in [1.82, 2.24) is 4.90 Å². The first-order valence-corrected chi connectivity index (χ1v) is 8.88. The largest absolute Gasteiger partial charge is 0.497 e. The van der Waals surface area contributed by atoms with Crippen molar-refractivity contribution >= 4 is 17.8 Å². The third-order valence-electron chi connectivity index (χ3n) is 3.71. The molecular formula is C20H29NO6. The van der Waals surface area contributed by atoms with E-state index in [2.05, 4.69) is 0 Å². The van der Waals surface area contributed by atoms with Gasteiger partial charge in [0.15, 0.2) is 0 Å². The molecule has 27 heavy (non-hydrogen) atoms. The van der Waals surface area contributed by atoms with Crippen LogP contribution in [0.2, 0.25) is 0 Å². The number of esters is 2. The van der Waals surface area contributed by atoms with E-state index < -0.39 is 35.9 Å². The number of rotatable bonds is 8. The Morgan fingerprint density at radius 3 is 2.15 bits per heavy atom. The van der Waals surface area contributed by atoms with Crippen molar-refractivity contribution in [3.8, 4) is 5.75 Å². The Bertz CT molecular complexity index is 647. The first-order valence-electron chi connectivity index (χ1n) is 8.88. The van der Waals surface area contributed by atoms with Gasteiger partial charge >= 0.3 is 11.9 Å². The summed E-state index contributed by atoms with van der Waals surface area (Å²) in [5.74, 6) is -0.984. The summed E-state index contributed by atoms with van der Waals surface area (Å²) in [6.45, 7) is 8.63. The molecule has 1 atom stereocenters. The summed E-state index contributed by atoms with van der Waals surface area (Å²) in [6.07, 6.45) is -0.447. The molecule has 7 heteroatoms. The third kappa shape index (κ3) is 7.68. The van der Waals surface area contributed by atoms with Crippen LogP contribution in [0.1, 0.15) is 52.6 Å². The average molecular weight is 379 g/mol. The van der Waals surface area contributed by atoms with Crippen LogP contribution in [0.5, 0.6) is 5.75 Å². The summed E-state index contributed by atoms with van der Waals surface area (Å²) < 4.78 is 15.3. The molecule has 0 aromatic heterocycles. The number of methoxy groups -OCH3 is 1. The highest BCUT2D eigenvalue weighted by molar-refractivity contribution is 5.95. The minimum Gasteiger partial charge on any atom is -0.497 e. The summed E-state index contributed by atoms with van der Waals surface area (Å²) in [4.78, 5) is 38.0. The van der Waals surface area contributed by atoms with Crippen LogP contribution in [0.25, 0.3) is 0 Å². The molecule has 150 valence electrons. The number of benzene rings is 1. The number of ether oxygens (including phenoxy) is 3. The molecule has 0 fully saturated rings. The lowest BCUT2D eigenvalue weighted by Gasteiger charge is -2.29. The van der Waals surface area contributed by atoms with Crippen LogP contribution in [0, 0.1) is 0 Å². The predicted molar refractivity (Wildman–Crippen MR) is 100 cm³/mol. The van der Waals surface area contributed by atoms with Gasteiger partial charge in [-0.3, -0.25) is 14.4 Å². The summed E-state index contributed by atoms with van der Waals surface area (Å²) >= 11 is 0. The maximum absolute atomic E-state index is 12.7. The second kappa shape index (κ2) is 9.94. The van der Waals surface area contributed by atoms with Gasteiger partial charge in [0.1, 0.15) is 24.3 Å². The minimum atomic E-state index is -0.690. The van der Waals surface area contributed by atoms with E-state index in [1.165, 1.54) is 4.90 Å². The van der Waals surface area contributed by atoms with Crippen LogP contribution < -0.4 is 4.74 Å². The van der Waals surface area contributed by atoms with E-state index in [1.807, 2.05) is 12.1 Å². The van der Waals surface area contributed by atoms with E-state index in [-0.39, 0.29) is 13.2 Å². The lowest BCUT2D eigenvalue weighted by Crippen LogP contribution is -2.40. The zero-order valence-corrected chi connectivity index (χ0v) is 16.9. The predicted octanol–water partition coefficient (Wildman–Crippen LogP) is 2.88. The van der Waals surface area contributed by atoms with Gasteiger partial charge in [-0.2, -0.15) is 0 Å². The van der Waals surface area contributed by atoms with Crippen LogP contribution in [-0.2, 0) is 23.9 Å². The van der Waals surface area contributed by atoms with Gasteiger partial charge in [0, 0.05) is 0 Å². The Morgan fingerprint density at radius 1 is 1.07 bits per heavy atom. The highest BCUT2D eigenvalue weighted by Crippen LogP contribution is 2.24. The van der Waals surface area contributed by atoms with Crippen LogP contribution in [0.3, 0.4) is 0 Å². The Balaban J connectivity index is 2.98. The zero-order valence-electron chi connectivity index (χ0n) is 16.9. The molecule has 1 amide bonds. The van der Waals surface area contributed by atoms with Crippen molar-refractivity contribution in [2.75, 3.05) is 20.3 Å². The molecule has 0 aliphatic carbocycles. The van der Waals surface area contributed by atoms with Crippen LogP contribution in [-0.4, -0.2) is 48.6 Å². The Morgan fingerprint density at radius 2 is 1.67 bits per heavy atom. The van der Waals surface area contributed by atoms with Gasteiger partial charge in [-0.15, -0.1) is 0 Å². The van der Waals surface area contributed by atoms with Gasteiger partial charge in [-0.05, 0) is 52.3 Å². The van der Waals surface area contributed by atoms with Crippen molar-refractivity contribution in [2.24, 2.45) is 0 Å². The fraction of sp³-hybridized carbons (Fsp3) is 0.550. The molecule has 0 saturated heterocycles. The molecule has 0 heterocycles. The van der Waals surface area contributed by atoms with Gasteiger partial charge in [0.25, 0.3) is 0 Å². The molecular weight excluding hydrogens is 350 g/mol. The lowest BCUT2D eigenvalue weighted by molar-refractivity contribution is -0.160. The third-order valence-corrected chi connectivity index (χ3v) is 3.71. The quantitative estimate of drug-likeness (QED) is 0.510. The molecule has 1 unspecified atom stereocenters. The zero-order chi connectivity index (χ0) is 20.6. The number of carbonyl (C=O) groups excluding carboxylic acids is 3. The molecule has 7 nitrogen and oxygen atoms in total. The molecule has 0 aliphatic heterocycles. The smallest absolute Gasteiger partial charge is 0.325 e. The van der Waals surface area contributed by atoms with Crippen molar-refractivity contribution in [2.45, 2.75) is 52.7 Å². The molecule has 1 aromatic carbocycles. The maximum Gasteiger partial charge on any atom is 0.325 e. The van der Waals surface area contributed by atoms with Crippen molar-refractivity contribution in [1.29, 1.82) is 0 Å². The SMILES string of the molecule is CCOC(=O)CN(C(=O)CC(=O)OC(C)(C)C)C(C)c1ccc(OC)cc1. The second-order valence-electron chi connectivity index (χ2n) is 7.04. The van der Waals surface area contributed by atoms with E-state index in [0.717, 1.165) is 5.56 Å². The van der Waals surface area contributed by atoms with Crippen molar-refractivity contribution in [3.63, 3.8) is 0 Å². The number of hydrogen-bond donors (Lipinski definition) is 0. The number of nitrogens with zero attached hydrogens (tertiary/aromatic N) is 1. The first kappa shape index (κ1) is 22.5. The molecule has 0 saturated carbocycles. The molecule has 0 aliphatic rings. The van der Waals surface area contributed by atoms with E-state index in [1.54, 1.807) is 53.9 Å². The monoisotopic (exact) mass is 379 g/mol. The van der Waals surface area contributed by atoms with Gasteiger partial charge in [-0.25, -0.2) is 0 Å². The van der Waals surface area contributed by atoms with Gasteiger partial charge in [0.05, 0.1) is 19.8 Å². The maximum atomic E-state index is 12.7. The lowest BCUT2D eigenvalue weighted by atomic mass is 10.1. The Labute approximate surface area is 160 Å². The Kier molecular flexibility index (Phi) is 8.28. The fourth-order valence-corrected chi connectivity index (χ4v) is 2.45. The Hall–Kier alpha value is -2.57. The highest BCUT2D eigenvalue weighted by Gasteiger charge is 2.28. The summed E-state index contributed by atoms with van der Waals surface area (Å²) in [7, 11) is 1.57. The van der Waals surface area contributed by atoms with E-state index in [0.29, 0.717) is 5.75 Å². The van der Waals surface area contributed by atoms with E-state index in [4.69, 9.17) is 14.2 Å². The number of amides is 1. The topological polar surface area (TPSA) is 82.1 Å². The summed E-state index contributed by atoms with van der Waals surface area (Å²) in [5, 5.41) is 0. The fourth-order valence-electron chi connectivity index (χ4n) is 2.45.